The molecule has 0 bridgehead atoms. The number of halogens is 1. The molecule has 19 heavy (non-hydrogen) atoms. The van der Waals surface area contributed by atoms with Crippen molar-refractivity contribution in [2.24, 2.45) is 0 Å². The van der Waals surface area contributed by atoms with Gasteiger partial charge in [0.05, 0.1) is 24.9 Å². The van der Waals surface area contributed by atoms with E-state index in [0.29, 0.717) is 18.7 Å². The minimum atomic E-state index is -0.812. The van der Waals surface area contributed by atoms with Crippen molar-refractivity contribution in [2.75, 3.05) is 19.7 Å². The van der Waals surface area contributed by atoms with Gasteiger partial charge in [-0.1, -0.05) is 18.2 Å². The lowest BCUT2D eigenvalue weighted by molar-refractivity contribution is 0.0226. The summed E-state index contributed by atoms with van der Waals surface area (Å²) in [5.41, 5.74) is -0.340. The molecule has 0 aliphatic carbocycles. The van der Waals surface area contributed by atoms with E-state index in [1.54, 1.807) is 32.0 Å². The summed E-state index contributed by atoms with van der Waals surface area (Å²) in [6.45, 7) is 4.32. The molecule has 3 N–H and O–H groups in total. The Labute approximate surface area is 113 Å². The highest BCUT2D eigenvalue weighted by atomic mass is 19.1. The summed E-state index contributed by atoms with van der Waals surface area (Å²) in [4.78, 5) is 0. The van der Waals surface area contributed by atoms with E-state index in [1.165, 1.54) is 6.07 Å². The maximum Gasteiger partial charge on any atom is 0.128 e. The van der Waals surface area contributed by atoms with Crippen molar-refractivity contribution in [2.45, 2.75) is 32.2 Å². The Morgan fingerprint density at radius 1 is 1.37 bits per heavy atom. The van der Waals surface area contributed by atoms with Crippen LogP contribution in [-0.2, 0) is 11.3 Å². The molecule has 1 unspecified atom stereocenters. The molecular weight excluding hydrogens is 249 g/mol. The van der Waals surface area contributed by atoms with Gasteiger partial charge in [0.1, 0.15) is 5.82 Å². The lowest BCUT2D eigenvalue weighted by atomic mass is 10.1. The number of rotatable bonds is 8. The van der Waals surface area contributed by atoms with E-state index >= 15 is 0 Å². The van der Waals surface area contributed by atoms with Gasteiger partial charge in [-0.25, -0.2) is 4.39 Å². The third-order valence-corrected chi connectivity index (χ3v) is 2.46. The van der Waals surface area contributed by atoms with Crippen LogP contribution in [0.5, 0.6) is 0 Å². The SMILES string of the molecule is CC(C)(O)CNCC(O)COCc1ccccc1F. The average Bonchev–Trinajstić information content (AvgIpc) is 2.30. The van der Waals surface area contributed by atoms with Crippen LogP contribution < -0.4 is 5.32 Å². The van der Waals surface area contributed by atoms with E-state index in [1.807, 2.05) is 0 Å². The van der Waals surface area contributed by atoms with E-state index in [4.69, 9.17) is 4.74 Å². The first-order valence-electron chi connectivity index (χ1n) is 6.31. The Hall–Kier alpha value is -1.01. The minimum Gasteiger partial charge on any atom is -0.389 e. The van der Waals surface area contributed by atoms with Crippen LogP contribution in [0.3, 0.4) is 0 Å². The number of benzene rings is 1. The van der Waals surface area contributed by atoms with Crippen molar-refractivity contribution in [1.82, 2.24) is 5.32 Å². The summed E-state index contributed by atoms with van der Waals surface area (Å²) in [5, 5.41) is 22.0. The van der Waals surface area contributed by atoms with E-state index in [0.717, 1.165) is 0 Å². The summed E-state index contributed by atoms with van der Waals surface area (Å²) in [6, 6.07) is 6.38. The molecule has 0 radical (unpaired) electrons. The molecule has 1 rings (SSSR count). The number of hydrogen-bond acceptors (Lipinski definition) is 4. The third kappa shape index (κ3) is 7.22. The molecule has 108 valence electrons. The van der Waals surface area contributed by atoms with Crippen LogP contribution in [0.4, 0.5) is 4.39 Å². The number of aliphatic hydroxyl groups is 2. The molecular formula is C14H22FNO3. The second-order valence-corrected chi connectivity index (χ2v) is 5.20. The first-order valence-corrected chi connectivity index (χ1v) is 6.31. The Balaban J connectivity index is 2.17. The average molecular weight is 271 g/mol. The van der Waals surface area contributed by atoms with Crippen molar-refractivity contribution in [3.05, 3.63) is 35.6 Å². The molecule has 0 saturated heterocycles. The van der Waals surface area contributed by atoms with Gasteiger partial charge in [0.25, 0.3) is 0 Å². The molecule has 0 aliphatic heterocycles. The van der Waals surface area contributed by atoms with E-state index < -0.39 is 11.7 Å². The zero-order chi connectivity index (χ0) is 14.3. The van der Waals surface area contributed by atoms with Gasteiger partial charge in [0.2, 0.25) is 0 Å². The summed E-state index contributed by atoms with van der Waals surface area (Å²) >= 11 is 0. The molecule has 0 heterocycles. The van der Waals surface area contributed by atoms with Crippen molar-refractivity contribution in [1.29, 1.82) is 0 Å². The lowest BCUT2D eigenvalue weighted by Crippen LogP contribution is -2.39. The summed E-state index contributed by atoms with van der Waals surface area (Å²) in [7, 11) is 0. The molecule has 0 aromatic heterocycles. The summed E-state index contributed by atoms with van der Waals surface area (Å²) in [5.74, 6) is -0.308. The van der Waals surface area contributed by atoms with Gasteiger partial charge < -0.3 is 20.3 Å². The lowest BCUT2D eigenvalue weighted by Gasteiger charge is -2.19. The highest BCUT2D eigenvalue weighted by Gasteiger charge is 2.13. The predicted molar refractivity (Wildman–Crippen MR) is 71.2 cm³/mol. The quantitative estimate of drug-likeness (QED) is 0.662. The van der Waals surface area contributed by atoms with Gasteiger partial charge in [-0.15, -0.1) is 0 Å². The van der Waals surface area contributed by atoms with E-state index in [9.17, 15) is 14.6 Å². The monoisotopic (exact) mass is 271 g/mol. The van der Waals surface area contributed by atoms with E-state index in [2.05, 4.69) is 5.32 Å². The molecule has 4 nitrogen and oxygen atoms in total. The fourth-order valence-corrected chi connectivity index (χ4v) is 1.52. The van der Waals surface area contributed by atoms with Crippen molar-refractivity contribution < 1.29 is 19.3 Å². The Kier molecular flexibility index (Phi) is 6.37. The largest absolute Gasteiger partial charge is 0.389 e. The molecule has 0 fully saturated rings. The van der Waals surface area contributed by atoms with Crippen molar-refractivity contribution >= 4 is 0 Å². The highest BCUT2D eigenvalue weighted by Crippen LogP contribution is 2.07. The third-order valence-electron chi connectivity index (χ3n) is 2.46. The fourth-order valence-electron chi connectivity index (χ4n) is 1.52. The van der Waals surface area contributed by atoms with Crippen LogP contribution >= 0.6 is 0 Å². The Bertz CT molecular complexity index is 379. The maximum atomic E-state index is 13.3. The van der Waals surface area contributed by atoms with E-state index in [-0.39, 0.29) is 19.0 Å². The Morgan fingerprint density at radius 2 is 2.05 bits per heavy atom. The van der Waals surface area contributed by atoms with Crippen LogP contribution in [0.25, 0.3) is 0 Å². The summed E-state index contributed by atoms with van der Waals surface area (Å²) < 4.78 is 18.5. The molecule has 0 saturated carbocycles. The van der Waals surface area contributed by atoms with Gasteiger partial charge in [-0.05, 0) is 19.9 Å². The predicted octanol–water partition coefficient (Wildman–Crippen LogP) is 1.06. The standard InChI is InChI=1S/C14H22FNO3/c1-14(2,18)10-16-7-12(17)9-19-8-11-5-3-4-6-13(11)15/h3-6,12,16-18H,7-10H2,1-2H3. The second kappa shape index (κ2) is 7.55. The molecule has 1 aromatic rings. The summed E-state index contributed by atoms with van der Waals surface area (Å²) in [6.07, 6.45) is -0.686. The minimum absolute atomic E-state index is 0.118. The first-order chi connectivity index (χ1) is 8.88. The molecule has 1 atom stereocenters. The van der Waals surface area contributed by atoms with Crippen LogP contribution in [0.1, 0.15) is 19.4 Å². The van der Waals surface area contributed by atoms with Gasteiger partial charge in [-0.3, -0.25) is 0 Å². The molecule has 5 heteroatoms. The highest BCUT2D eigenvalue weighted by molar-refractivity contribution is 5.16. The molecule has 0 aliphatic rings. The molecule has 1 aromatic carbocycles. The van der Waals surface area contributed by atoms with Crippen LogP contribution in [0.15, 0.2) is 24.3 Å². The zero-order valence-electron chi connectivity index (χ0n) is 11.4. The second-order valence-electron chi connectivity index (χ2n) is 5.20. The normalized spacial score (nSPS) is 13.5. The number of hydrogen-bond donors (Lipinski definition) is 3. The smallest absolute Gasteiger partial charge is 0.128 e. The topological polar surface area (TPSA) is 61.7 Å². The van der Waals surface area contributed by atoms with Crippen LogP contribution in [0, 0.1) is 5.82 Å². The van der Waals surface area contributed by atoms with Gasteiger partial charge >= 0.3 is 0 Å². The fraction of sp³-hybridized carbons (Fsp3) is 0.571. The van der Waals surface area contributed by atoms with Crippen molar-refractivity contribution in [3.8, 4) is 0 Å². The van der Waals surface area contributed by atoms with Gasteiger partial charge in [0, 0.05) is 18.7 Å². The Morgan fingerprint density at radius 3 is 2.68 bits per heavy atom. The van der Waals surface area contributed by atoms with Crippen LogP contribution in [0.2, 0.25) is 0 Å². The van der Waals surface area contributed by atoms with Gasteiger partial charge in [-0.2, -0.15) is 0 Å². The van der Waals surface area contributed by atoms with Gasteiger partial charge in [0.15, 0.2) is 0 Å². The number of aliphatic hydroxyl groups excluding tert-OH is 1. The number of nitrogens with one attached hydrogen (secondary N) is 1. The zero-order valence-corrected chi connectivity index (χ0v) is 11.4. The maximum absolute atomic E-state index is 13.3. The molecule has 0 spiro atoms. The number of ether oxygens (including phenoxy) is 1. The van der Waals surface area contributed by atoms with Crippen molar-refractivity contribution in [3.63, 3.8) is 0 Å². The first kappa shape index (κ1) is 16.0. The van der Waals surface area contributed by atoms with Crippen LogP contribution in [-0.4, -0.2) is 41.6 Å². The molecule has 0 amide bonds.